The SMILES string of the molecule is COC(=O)C(CC(C)C)NC(=O)c1cc2ccc(Cl)cc2[nH]1. The van der Waals surface area contributed by atoms with Gasteiger partial charge in [0.25, 0.3) is 5.91 Å². The van der Waals surface area contributed by atoms with Crippen molar-refractivity contribution in [3.8, 4) is 0 Å². The first-order valence-electron chi connectivity index (χ1n) is 7.07. The number of rotatable bonds is 5. The Morgan fingerprint density at radius 1 is 1.32 bits per heavy atom. The molecule has 2 N–H and O–H groups in total. The minimum Gasteiger partial charge on any atom is -0.467 e. The highest BCUT2D eigenvalue weighted by molar-refractivity contribution is 6.31. The fourth-order valence-corrected chi connectivity index (χ4v) is 2.46. The van der Waals surface area contributed by atoms with Crippen LogP contribution in [0.25, 0.3) is 10.9 Å². The second-order valence-corrected chi connectivity index (χ2v) is 6.03. The molecule has 5 nitrogen and oxygen atoms in total. The number of esters is 1. The molecule has 0 spiro atoms. The topological polar surface area (TPSA) is 71.2 Å². The van der Waals surface area contributed by atoms with Crippen LogP contribution >= 0.6 is 11.6 Å². The number of ether oxygens (including phenoxy) is 1. The van der Waals surface area contributed by atoms with E-state index in [1.54, 1.807) is 18.2 Å². The van der Waals surface area contributed by atoms with E-state index >= 15 is 0 Å². The molecule has 2 aromatic rings. The van der Waals surface area contributed by atoms with Gasteiger partial charge in [-0.2, -0.15) is 0 Å². The number of H-pyrrole nitrogens is 1. The normalized spacial score (nSPS) is 12.4. The Balaban J connectivity index is 2.19. The standard InChI is InChI=1S/C16H19ClN2O3/c1-9(2)6-14(16(21)22-3)19-15(20)13-7-10-4-5-11(17)8-12(10)18-13/h4-5,7-9,14,18H,6H2,1-3H3,(H,19,20). The first-order chi connectivity index (χ1) is 10.4. The van der Waals surface area contributed by atoms with Crippen LogP contribution in [0.15, 0.2) is 24.3 Å². The summed E-state index contributed by atoms with van der Waals surface area (Å²) in [6.07, 6.45) is 0.518. The zero-order valence-electron chi connectivity index (χ0n) is 12.8. The van der Waals surface area contributed by atoms with Crippen molar-refractivity contribution in [3.05, 3.63) is 35.0 Å². The fraction of sp³-hybridized carbons (Fsp3) is 0.375. The van der Waals surface area contributed by atoms with Crippen LogP contribution < -0.4 is 5.32 Å². The van der Waals surface area contributed by atoms with Gasteiger partial charge in [0.05, 0.1) is 7.11 Å². The van der Waals surface area contributed by atoms with E-state index in [-0.39, 0.29) is 11.8 Å². The minimum atomic E-state index is -0.660. The summed E-state index contributed by atoms with van der Waals surface area (Å²) in [4.78, 5) is 27.1. The van der Waals surface area contributed by atoms with Crippen molar-refractivity contribution in [3.63, 3.8) is 0 Å². The summed E-state index contributed by atoms with van der Waals surface area (Å²) in [6.45, 7) is 3.96. The zero-order chi connectivity index (χ0) is 16.3. The van der Waals surface area contributed by atoms with Crippen LogP contribution in [0.5, 0.6) is 0 Å². The molecule has 0 radical (unpaired) electrons. The smallest absolute Gasteiger partial charge is 0.328 e. The largest absolute Gasteiger partial charge is 0.467 e. The van der Waals surface area contributed by atoms with Crippen molar-refractivity contribution >= 4 is 34.4 Å². The zero-order valence-corrected chi connectivity index (χ0v) is 13.5. The highest BCUT2D eigenvalue weighted by Gasteiger charge is 2.23. The predicted molar refractivity (Wildman–Crippen MR) is 86.0 cm³/mol. The van der Waals surface area contributed by atoms with Crippen LogP contribution in [0.1, 0.15) is 30.8 Å². The summed E-state index contributed by atoms with van der Waals surface area (Å²) in [7, 11) is 1.31. The van der Waals surface area contributed by atoms with Crippen LogP contribution in [0.4, 0.5) is 0 Å². The third-order valence-corrected chi connectivity index (χ3v) is 3.56. The van der Waals surface area contributed by atoms with E-state index < -0.39 is 12.0 Å². The molecule has 1 amide bonds. The van der Waals surface area contributed by atoms with E-state index in [2.05, 4.69) is 10.3 Å². The lowest BCUT2D eigenvalue weighted by atomic mass is 10.0. The maximum atomic E-state index is 12.3. The van der Waals surface area contributed by atoms with Gasteiger partial charge in [-0.25, -0.2) is 4.79 Å². The van der Waals surface area contributed by atoms with Crippen molar-refractivity contribution in [1.29, 1.82) is 0 Å². The van der Waals surface area contributed by atoms with Crippen molar-refractivity contribution in [1.82, 2.24) is 10.3 Å². The molecule has 0 bridgehead atoms. The average Bonchev–Trinajstić information content (AvgIpc) is 2.88. The van der Waals surface area contributed by atoms with Gasteiger partial charge in [-0.3, -0.25) is 4.79 Å². The van der Waals surface area contributed by atoms with Gasteiger partial charge in [0.1, 0.15) is 11.7 Å². The van der Waals surface area contributed by atoms with Crippen LogP contribution in [0.3, 0.4) is 0 Å². The molecule has 22 heavy (non-hydrogen) atoms. The minimum absolute atomic E-state index is 0.255. The van der Waals surface area contributed by atoms with Gasteiger partial charge < -0.3 is 15.0 Å². The Morgan fingerprint density at radius 3 is 2.68 bits per heavy atom. The number of aromatic nitrogens is 1. The van der Waals surface area contributed by atoms with E-state index in [1.165, 1.54) is 7.11 Å². The maximum Gasteiger partial charge on any atom is 0.328 e. The molecule has 0 saturated heterocycles. The van der Waals surface area contributed by atoms with Gasteiger partial charge >= 0.3 is 5.97 Å². The summed E-state index contributed by atoms with van der Waals surface area (Å²) < 4.78 is 4.74. The highest BCUT2D eigenvalue weighted by atomic mass is 35.5. The van der Waals surface area contributed by atoms with Crippen molar-refractivity contribution in [2.45, 2.75) is 26.3 Å². The third-order valence-electron chi connectivity index (χ3n) is 3.33. The van der Waals surface area contributed by atoms with E-state index in [9.17, 15) is 9.59 Å². The second-order valence-electron chi connectivity index (χ2n) is 5.59. The van der Waals surface area contributed by atoms with Gasteiger partial charge in [0, 0.05) is 15.9 Å². The molecule has 1 atom stereocenters. The molecule has 2 rings (SSSR count). The van der Waals surface area contributed by atoms with E-state index in [4.69, 9.17) is 16.3 Å². The van der Waals surface area contributed by atoms with E-state index in [0.717, 1.165) is 10.9 Å². The Bertz CT molecular complexity index is 694. The Labute approximate surface area is 134 Å². The molecule has 0 aliphatic heterocycles. The fourth-order valence-electron chi connectivity index (χ4n) is 2.29. The summed E-state index contributed by atoms with van der Waals surface area (Å²) in [5, 5.41) is 4.19. The molecule has 6 heteroatoms. The highest BCUT2D eigenvalue weighted by Crippen LogP contribution is 2.20. The Morgan fingerprint density at radius 2 is 2.05 bits per heavy atom. The van der Waals surface area contributed by atoms with E-state index in [1.807, 2.05) is 19.9 Å². The van der Waals surface area contributed by atoms with Crippen LogP contribution in [-0.4, -0.2) is 30.0 Å². The van der Waals surface area contributed by atoms with Crippen LogP contribution in [-0.2, 0) is 9.53 Å². The molecule has 1 aromatic carbocycles. The Kier molecular flexibility index (Phi) is 5.08. The van der Waals surface area contributed by atoms with Crippen molar-refractivity contribution < 1.29 is 14.3 Å². The van der Waals surface area contributed by atoms with Crippen LogP contribution in [0.2, 0.25) is 5.02 Å². The van der Waals surface area contributed by atoms with Crippen molar-refractivity contribution in [2.75, 3.05) is 7.11 Å². The number of methoxy groups -OCH3 is 1. The number of amides is 1. The first kappa shape index (κ1) is 16.4. The molecular weight excluding hydrogens is 304 g/mol. The number of hydrogen-bond donors (Lipinski definition) is 2. The lowest BCUT2D eigenvalue weighted by Crippen LogP contribution is -2.42. The lowest BCUT2D eigenvalue weighted by Gasteiger charge is -2.17. The molecule has 0 fully saturated rings. The molecule has 1 aromatic heterocycles. The molecule has 0 aliphatic carbocycles. The number of fused-ring (bicyclic) bond motifs is 1. The van der Waals surface area contributed by atoms with Gasteiger partial charge in [-0.1, -0.05) is 31.5 Å². The number of carbonyl (C=O) groups excluding carboxylic acids is 2. The lowest BCUT2D eigenvalue weighted by molar-refractivity contribution is -0.143. The quantitative estimate of drug-likeness (QED) is 0.831. The molecule has 0 saturated carbocycles. The average molecular weight is 323 g/mol. The van der Waals surface area contributed by atoms with Crippen molar-refractivity contribution in [2.24, 2.45) is 5.92 Å². The van der Waals surface area contributed by atoms with E-state index in [0.29, 0.717) is 17.1 Å². The Hall–Kier alpha value is -2.01. The monoisotopic (exact) mass is 322 g/mol. The van der Waals surface area contributed by atoms with Crippen LogP contribution in [0, 0.1) is 5.92 Å². The van der Waals surface area contributed by atoms with Gasteiger partial charge in [0.15, 0.2) is 0 Å². The molecule has 1 unspecified atom stereocenters. The number of hydrogen-bond acceptors (Lipinski definition) is 3. The number of benzene rings is 1. The first-order valence-corrected chi connectivity index (χ1v) is 7.45. The molecule has 0 aliphatic rings. The van der Waals surface area contributed by atoms with Gasteiger partial charge in [-0.05, 0) is 30.5 Å². The summed E-state index contributed by atoms with van der Waals surface area (Å²) in [5.74, 6) is -0.532. The van der Waals surface area contributed by atoms with Gasteiger partial charge in [0.2, 0.25) is 0 Å². The third kappa shape index (κ3) is 3.80. The maximum absolute atomic E-state index is 12.3. The number of nitrogens with one attached hydrogen (secondary N) is 2. The summed E-state index contributed by atoms with van der Waals surface area (Å²) in [6, 6.07) is 6.41. The van der Waals surface area contributed by atoms with Gasteiger partial charge in [-0.15, -0.1) is 0 Å². The molecule has 1 heterocycles. The number of halogens is 1. The molecular formula is C16H19ClN2O3. The summed E-state index contributed by atoms with van der Waals surface area (Å²) in [5.41, 5.74) is 1.16. The second kappa shape index (κ2) is 6.83. The number of aromatic amines is 1. The molecule has 118 valence electrons. The number of carbonyl (C=O) groups is 2. The summed E-state index contributed by atoms with van der Waals surface area (Å²) >= 11 is 5.93. The predicted octanol–water partition coefficient (Wildman–Crippen LogP) is 3.14.